The summed E-state index contributed by atoms with van der Waals surface area (Å²) in [5.41, 5.74) is 1.27. The molecule has 11 heteroatoms. The molecule has 1 N–H and O–H groups in total. The molecule has 0 amide bonds. The fourth-order valence-corrected chi connectivity index (χ4v) is 5.26. The van der Waals surface area contributed by atoms with Crippen molar-refractivity contribution in [2.75, 3.05) is 6.54 Å². The van der Waals surface area contributed by atoms with E-state index in [1.54, 1.807) is 18.5 Å². The van der Waals surface area contributed by atoms with Gasteiger partial charge in [0.15, 0.2) is 5.69 Å². The highest BCUT2D eigenvalue weighted by Crippen LogP contribution is 2.42. The van der Waals surface area contributed by atoms with Crippen molar-refractivity contribution in [1.29, 1.82) is 0 Å². The molecule has 7 nitrogen and oxygen atoms in total. The van der Waals surface area contributed by atoms with E-state index >= 15 is 0 Å². The van der Waals surface area contributed by atoms with Gasteiger partial charge in [0.25, 0.3) is 0 Å². The smallest absolute Gasteiger partial charge is 0.269 e. The lowest BCUT2D eigenvalue weighted by atomic mass is 10.2. The Balaban J connectivity index is 1.44. The molecule has 0 radical (unpaired) electrons. The fourth-order valence-electron chi connectivity index (χ4n) is 3.80. The molecule has 3 aromatic rings. The van der Waals surface area contributed by atoms with E-state index in [1.807, 2.05) is 30.3 Å². The molecule has 0 saturated heterocycles. The second-order valence-corrected chi connectivity index (χ2v) is 9.65. The number of para-hydroxylation sites is 1. The molecule has 1 aliphatic rings. The maximum absolute atomic E-state index is 13.0. The Morgan fingerprint density at radius 3 is 2.44 bits per heavy atom. The molecule has 2 aromatic heterocycles. The SMILES string of the molecule is Cc1nn(-c2ccccc2)c(C)c1S(=O)(=O)NCCCn1nc(C(F)(F)F)cc1C1CC1. The van der Waals surface area contributed by atoms with Crippen molar-refractivity contribution in [2.45, 2.75) is 56.6 Å². The Morgan fingerprint density at radius 1 is 1.12 bits per heavy atom. The predicted octanol–water partition coefficient (Wildman–Crippen LogP) is 3.95. The van der Waals surface area contributed by atoms with Crippen LogP contribution in [-0.4, -0.2) is 34.5 Å². The van der Waals surface area contributed by atoms with Crippen molar-refractivity contribution in [2.24, 2.45) is 0 Å². The number of aromatic nitrogens is 4. The Kier molecular flexibility index (Phi) is 5.89. The molecule has 172 valence electrons. The van der Waals surface area contributed by atoms with Crippen LogP contribution in [0.2, 0.25) is 0 Å². The maximum atomic E-state index is 13.0. The van der Waals surface area contributed by atoms with Crippen LogP contribution in [0.15, 0.2) is 41.3 Å². The number of halogens is 3. The van der Waals surface area contributed by atoms with Gasteiger partial charge < -0.3 is 0 Å². The zero-order chi connectivity index (χ0) is 23.1. The Morgan fingerprint density at radius 2 is 1.81 bits per heavy atom. The second kappa shape index (κ2) is 8.36. The molecule has 0 unspecified atom stereocenters. The highest BCUT2D eigenvalue weighted by Gasteiger charge is 2.37. The molecule has 0 bridgehead atoms. The average molecular weight is 468 g/mol. The first-order valence-corrected chi connectivity index (χ1v) is 11.8. The number of rotatable bonds is 8. The lowest BCUT2D eigenvalue weighted by molar-refractivity contribution is -0.141. The zero-order valence-electron chi connectivity index (χ0n) is 17.7. The molecule has 0 spiro atoms. The molecule has 1 saturated carbocycles. The number of sulfonamides is 1. The van der Waals surface area contributed by atoms with Gasteiger partial charge in [-0.2, -0.15) is 23.4 Å². The number of benzene rings is 1. The number of aryl methyl sites for hydroxylation is 2. The third kappa shape index (κ3) is 4.58. The van der Waals surface area contributed by atoms with Gasteiger partial charge in [-0.15, -0.1) is 0 Å². The van der Waals surface area contributed by atoms with Crippen molar-refractivity contribution >= 4 is 10.0 Å². The number of nitrogens with one attached hydrogen (secondary N) is 1. The first-order chi connectivity index (χ1) is 15.1. The first kappa shape index (κ1) is 22.5. The maximum Gasteiger partial charge on any atom is 0.435 e. The quantitative estimate of drug-likeness (QED) is 0.509. The molecule has 0 aliphatic heterocycles. The number of alkyl halides is 3. The summed E-state index contributed by atoms with van der Waals surface area (Å²) in [7, 11) is -3.84. The Labute approximate surface area is 184 Å². The van der Waals surface area contributed by atoms with Gasteiger partial charge in [-0.05, 0) is 51.3 Å². The van der Waals surface area contributed by atoms with Crippen LogP contribution >= 0.6 is 0 Å². The summed E-state index contributed by atoms with van der Waals surface area (Å²) in [6, 6.07) is 10.3. The van der Waals surface area contributed by atoms with Crippen LogP contribution < -0.4 is 4.72 Å². The highest BCUT2D eigenvalue weighted by atomic mass is 32.2. The number of hydrogen-bond acceptors (Lipinski definition) is 4. The van der Waals surface area contributed by atoms with Crippen LogP contribution in [0.25, 0.3) is 5.69 Å². The standard InChI is InChI=1S/C21H24F3N5O2S/c1-14-20(15(2)29(26-14)17-7-4-3-5-8-17)32(30,31)25-11-6-12-28-18(16-9-10-16)13-19(27-28)21(22,23)24/h3-5,7-8,13,16,25H,6,9-12H2,1-2H3. The van der Waals surface area contributed by atoms with E-state index in [0.717, 1.165) is 24.6 Å². The van der Waals surface area contributed by atoms with Crippen LogP contribution in [-0.2, 0) is 22.7 Å². The summed E-state index contributed by atoms with van der Waals surface area (Å²) in [6.07, 6.45) is -2.49. The van der Waals surface area contributed by atoms with E-state index in [4.69, 9.17) is 0 Å². The molecule has 2 heterocycles. The van der Waals surface area contributed by atoms with Gasteiger partial charge in [0.2, 0.25) is 10.0 Å². The van der Waals surface area contributed by atoms with Crippen LogP contribution in [0.3, 0.4) is 0 Å². The monoisotopic (exact) mass is 467 g/mol. The van der Waals surface area contributed by atoms with E-state index in [-0.39, 0.29) is 23.9 Å². The zero-order valence-corrected chi connectivity index (χ0v) is 18.5. The van der Waals surface area contributed by atoms with E-state index in [9.17, 15) is 21.6 Å². The number of hydrogen-bond donors (Lipinski definition) is 1. The van der Waals surface area contributed by atoms with E-state index in [2.05, 4.69) is 14.9 Å². The van der Waals surface area contributed by atoms with E-state index < -0.39 is 21.9 Å². The third-order valence-electron chi connectivity index (χ3n) is 5.43. The molecule has 32 heavy (non-hydrogen) atoms. The second-order valence-electron chi connectivity index (χ2n) is 7.95. The molecule has 4 rings (SSSR count). The van der Waals surface area contributed by atoms with Gasteiger partial charge in [-0.3, -0.25) is 4.68 Å². The van der Waals surface area contributed by atoms with Gasteiger partial charge in [0.1, 0.15) is 4.90 Å². The van der Waals surface area contributed by atoms with Crippen LogP contribution in [0.1, 0.15) is 48.0 Å². The fraction of sp³-hybridized carbons (Fsp3) is 0.429. The largest absolute Gasteiger partial charge is 0.435 e. The Hall–Kier alpha value is -2.66. The van der Waals surface area contributed by atoms with E-state index in [1.165, 1.54) is 4.68 Å². The predicted molar refractivity (Wildman–Crippen MR) is 112 cm³/mol. The minimum atomic E-state index is -4.50. The van der Waals surface area contributed by atoms with Gasteiger partial charge in [-0.1, -0.05) is 18.2 Å². The molecular formula is C21H24F3N5O2S. The normalized spacial score (nSPS) is 14.8. The lowest BCUT2D eigenvalue weighted by Crippen LogP contribution is -2.27. The van der Waals surface area contributed by atoms with Crippen LogP contribution in [0, 0.1) is 13.8 Å². The third-order valence-corrected chi connectivity index (χ3v) is 7.14. The summed E-state index contributed by atoms with van der Waals surface area (Å²) >= 11 is 0. The van der Waals surface area contributed by atoms with Gasteiger partial charge in [0.05, 0.1) is 17.1 Å². The molecule has 0 atom stereocenters. The van der Waals surface area contributed by atoms with Crippen molar-refractivity contribution in [3.05, 3.63) is 59.2 Å². The van der Waals surface area contributed by atoms with Crippen molar-refractivity contribution in [1.82, 2.24) is 24.3 Å². The highest BCUT2D eigenvalue weighted by molar-refractivity contribution is 7.89. The molecule has 1 aromatic carbocycles. The topological polar surface area (TPSA) is 81.8 Å². The molecular weight excluding hydrogens is 443 g/mol. The summed E-state index contributed by atoms with van der Waals surface area (Å²) in [4.78, 5) is 0.110. The summed E-state index contributed by atoms with van der Waals surface area (Å²) in [5.74, 6) is 0.101. The van der Waals surface area contributed by atoms with Crippen molar-refractivity contribution < 1.29 is 21.6 Å². The average Bonchev–Trinajstić information content (AvgIpc) is 3.39. The number of nitrogens with zero attached hydrogens (tertiary/aromatic N) is 4. The van der Waals surface area contributed by atoms with Crippen LogP contribution in [0.5, 0.6) is 0 Å². The van der Waals surface area contributed by atoms with Crippen LogP contribution in [0.4, 0.5) is 13.2 Å². The summed E-state index contributed by atoms with van der Waals surface area (Å²) in [5, 5.41) is 8.06. The minimum Gasteiger partial charge on any atom is -0.269 e. The van der Waals surface area contributed by atoms with Crippen molar-refractivity contribution in [3.8, 4) is 5.69 Å². The van der Waals surface area contributed by atoms with Gasteiger partial charge >= 0.3 is 6.18 Å². The summed E-state index contributed by atoms with van der Waals surface area (Å²) in [6.45, 7) is 3.59. The van der Waals surface area contributed by atoms with Crippen molar-refractivity contribution in [3.63, 3.8) is 0 Å². The van der Waals surface area contributed by atoms with Gasteiger partial charge in [-0.25, -0.2) is 17.8 Å². The molecule has 1 aliphatic carbocycles. The lowest BCUT2D eigenvalue weighted by Gasteiger charge is -2.09. The minimum absolute atomic E-state index is 0.0725. The Bertz CT molecular complexity index is 1210. The first-order valence-electron chi connectivity index (χ1n) is 10.3. The molecule has 1 fully saturated rings. The van der Waals surface area contributed by atoms with Gasteiger partial charge in [0, 0.05) is 24.7 Å². The van der Waals surface area contributed by atoms with E-state index in [0.29, 0.717) is 23.5 Å². The summed E-state index contributed by atoms with van der Waals surface area (Å²) < 4.78 is 70.4.